The molecule has 0 bridgehead atoms. The van der Waals surface area contributed by atoms with Gasteiger partial charge in [0.05, 0.1) is 6.61 Å². The molecule has 36 heavy (non-hydrogen) atoms. The summed E-state index contributed by atoms with van der Waals surface area (Å²) in [5, 5.41) is 0.653. The third-order valence-electron chi connectivity index (χ3n) is 5.10. The molecule has 3 rings (SSSR count). The van der Waals surface area contributed by atoms with Gasteiger partial charge >= 0.3 is 29.5 Å². The molecule has 0 N–H and O–H groups in total. The van der Waals surface area contributed by atoms with Gasteiger partial charge in [0.15, 0.2) is 18.3 Å². The topological polar surface area (TPSA) is 154 Å². The van der Waals surface area contributed by atoms with Gasteiger partial charge in [0.1, 0.15) is 11.3 Å². The first-order valence-corrected chi connectivity index (χ1v) is 11.0. The van der Waals surface area contributed by atoms with E-state index in [-0.39, 0.29) is 17.9 Å². The van der Waals surface area contributed by atoms with Gasteiger partial charge in [-0.15, -0.1) is 0 Å². The van der Waals surface area contributed by atoms with E-state index >= 15 is 0 Å². The largest absolute Gasteiger partial charge is 0.464 e. The molecule has 0 spiro atoms. The highest BCUT2D eigenvalue weighted by molar-refractivity contribution is 5.81. The average molecular weight is 506 g/mol. The number of carbonyl (C=O) groups excluding carboxylic acids is 4. The van der Waals surface area contributed by atoms with E-state index in [4.69, 9.17) is 32.8 Å². The van der Waals surface area contributed by atoms with E-state index in [0.717, 1.165) is 20.8 Å². The van der Waals surface area contributed by atoms with Gasteiger partial charge in [0, 0.05) is 38.3 Å². The molecule has 194 valence electrons. The highest BCUT2D eigenvalue weighted by atomic mass is 16.7. The predicted molar refractivity (Wildman–Crippen MR) is 120 cm³/mol. The molecule has 2 heterocycles. The number of esters is 4. The second-order valence-corrected chi connectivity index (χ2v) is 7.92. The minimum Gasteiger partial charge on any atom is -0.464 e. The molecule has 4 unspecified atom stereocenters. The van der Waals surface area contributed by atoms with Crippen LogP contribution in [0.25, 0.3) is 11.0 Å². The van der Waals surface area contributed by atoms with Crippen LogP contribution in [0.5, 0.6) is 5.75 Å². The van der Waals surface area contributed by atoms with E-state index in [2.05, 4.69) is 0 Å². The summed E-state index contributed by atoms with van der Waals surface area (Å²) >= 11 is 0. The van der Waals surface area contributed by atoms with E-state index in [1.54, 1.807) is 26.0 Å². The van der Waals surface area contributed by atoms with Crippen molar-refractivity contribution < 1.29 is 52.0 Å². The van der Waals surface area contributed by atoms with E-state index in [9.17, 15) is 24.0 Å². The lowest BCUT2D eigenvalue weighted by Crippen LogP contribution is -2.64. The lowest BCUT2D eigenvalue weighted by molar-refractivity contribution is -0.282. The number of rotatable bonds is 7. The van der Waals surface area contributed by atoms with Gasteiger partial charge in [-0.05, 0) is 31.5 Å². The number of hydrogen-bond acceptors (Lipinski definition) is 12. The molecule has 0 radical (unpaired) electrons. The third-order valence-corrected chi connectivity index (χ3v) is 5.10. The number of fused-ring (bicyclic) bond motifs is 1. The first kappa shape index (κ1) is 26.7. The molecular formula is C24H26O12. The monoisotopic (exact) mass is 506 g/mol. The van der Waals surface area contributed by atoms with Crippen LogP contribution in [0.15, 0.2) is 33.5 Å². The van der Waals surface area contributed by atoms with Crippen LogP contribution in [0.2, 0.25) is 0 Å². The van der Waals surface area contributed by atoms with Gasteiger partial charge in [-0.3, -0.25) is 14.4 Å². The zero-order chi connectivity index (χ0) is 26.6. The van der Waals surface area contributed by atoms with Crippen LogP contribution in [-0.2, 0) is 42.9 Å². The average Bonchev–Trinajstić information content (AvgIpc) is 2.76. The van der Waals surface area contributed by atoms with Crippen molar-refractivity contribution in [3.8, 4) is 5.75 Å². The lowest BCUT2D eigenvalue weighted by atomic mass is 9.97. The maximum atomic E-state index is 12.7. The van der Waals surface area contributed by atoms with Crippen molar-refractivity contribution in [1.29, 1.82) is 0 Å². The molecule has 1 saturated heterocycles. The van der Waals surface area contributed by atoms with Crippen molar-refractivity contribution in [2.24, 2.45) is 0 Å². The van der Waals surface area contributed by atoms with E-state index in [1.807, 2.05) is 0 Å². The molecule has 1 aliphatic rings. The quantitative estimate of drug-likeness (QED) is 0.304. The maximum absolute atomic E-state index is 12.7. The standard InChI is InChI=1S/C24H26O12/c1-6-30-23(29)21-19(31-12(3)25)20(32-13(4)26)22(33-14(5)27)24(36-21)34-15-7-8-16-11(2)9-18(28)35-17(16)10-15/h7-10,19-22,24H,6H2,1-5H3/t19?,20?,21?,22-,24?/m0/s1. The fraction of sp³-hybridized carbons (Fsp3) is 0.458. The maximum Gasteiger partial charge on any atom is 0.339 e. The summed E-state index contributed by atoms with van der Waals surface area (Å²) in [5.74, 6) is -3.20. The predicted octanol–water partition coefficient (Wildman–Crippen LogP) is 1.56. The summed E-state index contributed by atoms with van der Waals surface area (Å²) in [6.07, 6.45) is -7.55. The van der Waals surface area contributed by atoms with Crippen LogP contribution >= 0.6 is 0 Å². The molecule has 2 aromatic rings. The molecular weight excluding hydrogens is 480 g/mol. The Balaban J connectivity index is 2.06. The van der Waals surface area contributed by atoms with Gasteiger partial charge in [-0.1, -0.05) is 0 Å². The Bertz CT molecular complexity index is 1220. The summed E-state index contributed by atoms with van der Waals surface area (Å²) in [6.45, 7) is 6.56. The first-order valence-electron chi connectivity index (χ1n) is 11.0. The van der Waals surface area contributed by atoms with Gasteiger partial charge in [0.2, 0.25) is 12.4 Å². The molecule has 1 aromatic carbocycles. The van der Waals surface area contributed by atoms with Crippen LogP contribution in [0, 0.1) is 6.92 Å². The Morgan fingerprint density at radius 1 is 0.889 bits per heavy atom. The van der Waals surface area contributed by atoms with Crippen LogP contribution in [0.1, 0.15) is 33.3 Å². The van der Waals surface area contributed by atoms with Gasteiger partial charge in [-0.2, -0.15) is 0 Å². The van der Waals surface area contributed by atoms with Crippen LogP contribution in [0.3, 0.4) is 0 Å². The normalized spacial score (nSPS) is 23.4. The minimum atomic E-state index is -1.59. The summed E-state index contributed by atoms with van der Waals surface area (Å²) in [6, 6.07) is 5.94. The van der Waals surface area contributed by atoms with Gasteiger partial charge in [0.25, 0.3) is 0 Å². The van der Waals surface area contributed by atoms with Crippen molar-refractivity contribution in [3.05, 3.63) is 40.2 Å². The Kier molecular flexibility index (Phi) is 8.30. The smallest absolute Gasteiger partial charge is 0.339 e. The van der Waals surface area contributed by atoms with Gasteiger partial charge < -0.3 is 32.8 Å². The van der Waals surface area contributed by atoms with Crippen LogP contribution < -0.4 is 10.4 Å². The highest BCUT2D eigenvalue weighted by Crippen LogP contribution is 2.32. The second-order valence-electron chi connectivity index (χ2n) is 7.92. The highest BCUT2D eigenvalue weighted by Gasteiger charge is 2.55. The molecule has 0 aliphatic carbocycles. The Morgan fingerprint density at radius 3 is 2.11 bits per heavy atom. The van der Waals surface area contributed by atoms with Crippen molar-refractivity contribution in [3.63, 3.8) is 0 Å². The van der Waals surface area contributed by atoms with E-state index in [0.29, 0.717) is 10.9 Å². The molecule has 1 aromatic heterocycles. The van der Waals surface area contributed by atoms with Crippen LogP contribution in [0.4, 0.5) is 0 Å². The van der Waals surface area contributed by atoms with E-state index < -0.39 is 60.2 Å². The molecule has 12 nitrogen and oxygen atoms in total. The number of carbonyl (C=O) groups is 4. The minimum absolute atomic E-state index is 0.0221. The molecule has 1 fully saturated rings. The van der Waals surface area contributed by atoms with Crippen LogP contribution in [-0.4, -0.2) is 61.2 Å². The van der Waals surface area contributed by atoms with E-state index in [1.165, 1.54) is 12.1 Å². The SMILES string of the molecule is CCOC(=O)C1OC(Oc2ccc3c(C)cc(=O)oc3c2)[C@@H](OC(C)=O)C(OC(C)=O)C1OC(C)=O. The third kappa shape index (κ3) is 6.19. The second kappa shape index (κ2) is 11.2. The summed E-state index contributed by atoms with van der Waals surface area (Å²) in [4.78, 5) is 60.1. The number of hydrogen-bond donors (Lipinski definition) is 0. The Hall–Kier alpha value is -3.93. The fourth-order valence-electron chi connectivity index (χ4n) is 3.80. The Labute approximate surface area is 205 Å². The van der Waals surface area contributed by atoms with Crippen molar-refractivity contribution in [1.82, 2.24) is 0 Å². The zero-order valence-corrected chi connectivity index (χ0v) is 20.3. The molecule has 5 atom stereocenters. The van der Waals surface area contributed by atoms with Crippen molar-refractivity contribution in [2.75, 3.05) is 6.61 Å². The Morgan fingerprint density at radius 2 is 1.50 bits per heavy atom. The summed E-state index contributed by atoms with van der Waals surface area (Å²) < 4.78 is 37.8. The first-order chi connectivity index (χ1) is 17.0. The number of benzene rings is 1. The zero-order valence-electron chi connectivity index (χ0n) is 20.3. The summed E-state index contributed by atoms with van der Waals surface area (Å²) in [7, 11) is 0. The van der Waals surface area contributed by atoms with Gasteiger partial charge in [-0.25, -0.2) is 9.59 Å². The number of aryl methyl sites for hydroxylation is 1. The van der Waals surface area contributed by atoms with Crippen molar-refractivity contribution in [2.45, 2.75) is 65.3 Å². The molecule has 12 heteroatoms. The number of ether oxygens (including phenoxy) is 6. The fourth-order valence-corrected chi connectivity index (χ4v) is 3.80. The molecule has 1 aliphatic heterocycles. The molecule has 0 amide bonds. The lowest BCUT2D eigenvalue weighted by Gasteiger charge is -2.43. The molecule has 0 saturated carbocycles. The van der Waals surface area contributed by atoms with Crippen molar-refractivity contribution >= 4 is 34.8 Å². The summed E-state index contributed by atoms with van der Waals surface area (Å²) in [5.41, 5.74) is 0.333.